The third kappa shape index (κ3) is 4.44. The van der Waals surface area contributed by atoms with E-state index in [4.69, 9.17) is 10.8 Å². The van der Waals surface area contributed by atoms with E-state index >= 15 is 0 Å². The molecule has 0 bridgehead atoms. The number of carboxylic acids is 1. The Balaban J connectivity index is 2.65. The quantitative estimate of drug-likeness (QED) is 0.658. The fourth-order valence-electron chi connectivity index (χ4n) is 1.41. The van der Waals surface area contributed by atoms with E-state index in [9.17, 15) is 4.79 Å². The topological polar surface area (TPSA) is 88.2 Å². The molecule has 0 amide bonds. The first-order valence-electron chi connectivity index (χ1n) is 5.88. The van der Waals surface area contributed by atoms with Gasteiger partial charge in [0.1, 0.15) is 5.82 Å². The maximum Gasteiger partial charge on any atom is 0.354 e. The minimum absolute atomic E-state index is 0.00170. The van der Waals surface area contributed by atoms with Gasteiger partial charge in [0.2, 0.25) is 0 Å². The lowest BCUT2D eigenvalue weighted by molar-refractivity contribution is 0.0690. The second-order valence-electron chi connectivity index (χ2n) is 3.97. The smallest absolute Gasteiger partial charge is 0.354 e. The van der Waals surface area contributed by atoms with Crippen molar-refractivity contribution in [1.82, 2.24) is 4.98 Å². The molecule has 0 fully saturated rings. The number of anilines is 2. The molecule has 100 valence electrons. The van der Waals surface area contributed by atoms with Crippen molar-refractivity contribution in [1.29, 1.82) is 0 Å². The molecule has 0 aromatic carbocycles. The van der Waals surface area contributed by atoms with Crippen molar-refractivity contribution < 1.29 is 9.90 Å². The lowest BCUT2D eigenvalue weighted by Crippen LogP contribution is -2.19. The van der Waals surface area contributed by atoms with Gasteiger partial charge in [-0.05, 0) is 37.0 Å². The average Bonchev–Trinajstić information content (AvgIpc) is 2.32. The van der Waals surface area contributed by atoms with Crippen LogP contribution in [0.5, 0.6) is 0 Å². The molecule has 1 heterocycles. The highest BCUT2D eigenvalue weighted by molar-refractivity contribution is 7.99. The highest BCUT2D eigenvalue weighted by Gasteiger charge is 2.10. The number of aromatic nitrogens is 1. The zero-order chi connectivity index (χ0) is 13.5. The summed E-state index contributed by atoms with van der Waals surface area (Å²) in [6, 6.07) is 3.18. The third-order valence-corrected chi connectivity index (χ3v) is 3.36. The number of nitrogen functional groups attached to an aromatic ring is 1. The van der Waals surface area contributed by atoms with Crippen LogP contribution in [0, 0.1) is 0 Å². The normalized spacial score (nSPS) is 12.1. The standard InChI is InChI=1S/C12H19N3O2S/c1-3-18-7-6-8(2)14-11-9(13)4-5-10(15-11)12(16)17/h4-5,8H,3,6-7,13H2,1-2H3,(H,14,15)(H,16,17). The van der Waals surface area contributed by atoms with Gasteiger partial charge < -0.3 is 16.2 Å². The van der Waals surface area contributed by atoms with Gasteiger partial charge >= 0.3 is 5.97 Å². The minimum atomic E-state index is -1.05. The van der Waals surface area contributed by atoms with Gasteiger partial charge in [-0.3, -0.25) is 0 Å². The summed E-state index contributed by atoms with van der Waals surface area (Å²) in [5.74, 6) is 1.56. The molecule has 1 aromatic rings. The van der Waals surface area contributed by atoms with E-state index in [-0.39, 0.29) is 11.7 Å². The summed E-state index contributed by atoms with van der Waals surface area (Å²) in [5, 5.41) is 12.0. The first-order valence-corrected chi connectivity index (χ1v) is 7.04. The second kappa shape index (κ2) is 7.10. The highest BCUT2D eigenvalue weighted by Crippen LogP contribution is 2.18. The number of thioether (sulfide) groups is 1. The second-order valence-corrected chi connectivity index (χ2v) is 5.36. The predicted molar refractivity (Wildman–Crippen MR) is 76.3 cm³/mol. The van der Waals surface area contributed by atoms with Crippen molar-refractivity contribution >= 4 is 29.2 Å². The van der Waals surface area contributed by atoms with Crippen LogP contribution in [-0.4, -0.2) is 33.6 Å². The van der Waals surface area contributed by atoms with E-state index in [0.29, 0.717) is 11.5 Å². The van der Waals surface area contributed by atoms with Gasteiger partial charge in [0.05, 0.1) is 5.69 Å². The summed E-state index contributed by atoms with van der Waals surface area (Å²) in [4.78, 5) is 14.8. The lowest BCUT2D eigenvalue weighted by atomic mass is 10.2. The number of nitrogens with two attached hydrogens (primary N) is 1. The molecular weight excluding hydrogens is 250 g/mol. The number of carboxylic acid groups (broad SMARTS) is 1. The Morgan fingerprint density at radius 2 is 2.33 bits per heavy atom. The maximum absolute atomic E-state index is 10.8. The molecular formula is C12H19N3O2S. The highest BCUT2D eigenvalue weighted by atomic mass is 32.2. The van der Waals surface area contributed by atoms with Gasteiger partial charge in [0, 0.05) is 6.04 Å². The molecule has 1 rings (SSSR count). The van der Waals surface area contributed by atoms with Gasteiger partial charge in [0.25, 0.3) is 0 Å². The molecule has 0 aliphatic rings. The van der Waals surface area contributed by atoms with Gasteiger partial charge in [-0.1, -0.05) is 6.92 Å². The van der Waals surface area contributed by atoms with Crippen molar-refractivity contribution in [2.75, 3.05) is 22.6 Å². The van der Waals surface area contributed by atoms with Gasteiger partial charge in [-0.2, -0.15) is 11.8 Å². The third-order valence-electron chi connectivity index (χ3n) is 2.43. The first kappa shape index (κ1) is 14.6. The molecule has 6 heteroatoms. The summed E-state index contributed by atoms with van der Waals surface area (Å²) in [7, 11) is 0. The van der Waals surface area contributed by atoms with E-state index in [1.54, 1.807) is 6.07 Å². The summed E-state index contributed by atoms with van der Waals surface area (Å²) < 4.78 is 0. The van der Waals surface area contributed by atoms with Crippen molar-refractivity contribution in [3.63, 3.8) is 0 Å². The van der Waals surface area contributed by atoms with Gasteiger partial charge in [-0.15, -0.1) is 0 Å². The number of hydrogen-bond donors (Lipinski definition) is 3. The zero-order valence-corrected chi connectivity index (χ0v) is 11.5. The number of hydrogen-bond acceptors (Lipinski definition) is 5. The molecule has 0 radical (unpaired) electrons. The number of carbonyl (C=O) groups is 1. The van der Waals surface area contributed by atoms with Crippen LogP contribution in [0.25, 0.3) is 0 Å². The SMILES string of the molecule is CCSCCC(C)Nc1nc(C(=O)O)ccc1N. The van der Waals surface area contributed by atoms with Gasteiger partial charge in [-0.25, -0.2) is 9.78 Å². The molecule has 1 atom stereocenters. The van der Waals surface area contributed by atoms with Crippen LogP contribution in [0.15, 0.2) is 12.1 Å². The number of nitrogens with zero attached hydrogens (tertiary/aromatic N) is 1. The predicted octanol–water partition coefficient (Wildman–Crippen LogP) is 2.31. The zero-order valence-electron chi connectivity index (χ0n) is 10.6. The minimum Gasteiger partial charge on any atom is -0.477 e. The molecule has 18 heavy (non-hydrogen) atoms. The van der Waals surface area contributed by atoms with E-state index in [2.05, 4.69) is 17.2 Å². The first-order chi connectivity index (χ1) is 8.54. The molecule has 0 saturated heterocycles. The molecule has 0 aliphatic heterocycles. The van der Waals surface area contributed by atoms with E-state index < -0.39 is 5.97 Å². The summed E-state index contributed by atoms with van der Waals surface area (Å²) in [5.41, 5.74) is 6.24. The molecule has 1 aromatic heterocycles. The van der Waals surface area contributed by atoms with Gasteiger partial charge in [0.15, 0.2) is 5.69 Å². The Morgan fingerprint density at radius 3 is 2.94 bits per heavy atom. The Bertz CT molecular complexity index is 412. The summed E-state index contributed by atoms with van der Waals surface area (Å²) >= 11 is 1.87. The van der Waals surface area contributed by atoms with Crippen molar-refractivity contribution in [2.45, 2.75) is 26.3 Å². The van der Waals surface area contributed by atoms with Crippen LogP contribution in [0.4, 0.5) is 11.5 Å². The Morgan fingerprint density at radius 1 is 1.61 bits per heavy atom. The number of nitrogens with one attached hydrogen (secondary N) is 1. The largest absolute Gasteiger partial charge is 0.477 e. The summed E-state index contributed by atoms with van der Waals surface area (Å²) in [6.07, 6.45) is 0.983. The van der Waals surface area contributed by atoms with E-state index in [1.165, 1.54) is 6.07 Å². The number of rotatable bonds is 7. The Kier molecular flexibility index (Phi) is 5.77. The Labute approximate surface area is 111 Å². The van der Waals surface area contributed by atoms with E-state index in [0.717, 1.165) is 17.9 Å². The van der Waals surface area contributed by atoms with Crippen molar-refractivity contribution in [3.05, 3.63) is 17.8 Å². The molecule has 0 saturated carbocycles. The number of pyridine rings is 1. The van der Waals surface area contributed by atoms with Crippen molar-refractivity contribution in [2.24, 2.45) is 0 Å². The number of aromatic carboxylic acids is 1. The van der Waals surface area contributed by atoms with Crippen LogP contribution >= 0.6 is 11.8 Å². The molecule has 4 N–H and O–H groups in total. The average molecular weight is 269 g/mol. The fourth-order valence-corrected chi connectivity index (χ4v) is 2.22. The molecule has 0 aliphatic carbocycles. The molecule has 5 nitrogen and oxygen atoms in total. The Hall–Kier alpha value is -1.43. The fraction of sp³-hybridized carbons (Fsp3) is 0.500. The lowest BCUT2D eigenvalue weighted by Gasteiger charge is -2.15. The summed E-state index contributed by atoms with van der Waals surface area (Å²) in [6.45, 7) is 4.16. The maximum atomic E-state index is 10.8. The molecule has 1 unspecified atom stereocenters. The van der Waals surface area contributed by atoms with E-state index in [1.807, 2.05) is 18.7 Å². The van der Waals surface area contributed by atoms with Crippen LogP contribution in [0.1, 0.15) is 30.8 Å². The van der Waals surface area contributed by atoms with Crippen LogP contribution < -0.4 is 11.1 Å². The van der Waals surface area contributed by atoms with Crippen LogP contribution in [0.3, 0.4) is 0 Å². The van der Waals surface area contributed by atoms with Crippen LogP contribution in [-0.2, 0) is 0 Å². The van der Waals surface area contributed by atoms with Crippen LogP contribution in [0.2, 0.25) is 0 Å². The monoisotopic (exact) mass is 269 g/mol. The molecule has 0 spiro atoms. The van der Waals surface area contributed by atoms with Crippen molar-refractivity contribution in [3.8, 4) is 0 Å².